The van der Waals surface area contributed by atoms with Gasteiger partial charge in [-0.2, -0.15) is 0 Å². The van der Waals surface area contributed by atoms with Gasteiger partial charge < -0.3 is 15.0 Å². The van der Waals surface area contributed by atoms with E-state index in [0.717, 1.165) is 17.9 Å². The van der Waals surface area contributed by atoms with Gasteiger partial charge >= 0.3 is 6.03 Å². The maximum atomic E-state index is 12.5. The molecule has 0 bridgehead atoms. The van der Waals surface area contributed by atoms with Crippen LogP contribution in [0.2, 0.25) is 0 Å². The number of carbonyl (C=O) groups is 1. The van der Waals surface area contributed by atoms with Crippen LogP contribution in [0.3, 0.4) is 0 Å². The third-order valence-electron chi connectivity index (χ3n) is 5.04. The summed E-state index contributed by atoms with van der Waals surface area (Å²) in [5.74, 6) is 0.797. The van der Waals surface area contributed by atoms with Crippen LogP contribution in [0, 0.1) is 0 Å². The molecule has 0 atom stereocenters. The molecule has 0 radical (unpaired) electrons. The number of carbonyl (C=O) groups excluding carboxylic acids is 1. The highest BCUT2D eigenvalue weighted by Crippen LogP contribution is 2.17. The molecule has 1 fully saturated rings. The molecule has 1 N–H and O–H groups in total. The molecule has 0 aromatic heterocycles. The highest BCUT2D eigenvalue weighted by molar-refractivity contribution is 5.73. The number of hydrogen-bond acceptors (Lipinski definition) is 3. The zero-order chi connectivity index (χ0) is 19.1. The molecule has 5 nitrogen and oxygen atoms in total. The lowest BCUT2D eigenvalue weighted by molar-refractivity contribution is 0.206. The molecule has 3 rings (SSSR count). The summed E-state index contributed by atoms with van der Waals surface area (Å²) in [6.45, 7) is 4.40. The molecule has 0 saturated carbocycles. The van der Waals surface area contributed by atoms with Crippen LogP contribution in [-0.4, -0.2) is 43.1 Å². The zero-order valence-corrected chi connectivity index (χ0v) is 16.3. The van der Waals surface area contributed by atoms with Crippen molar-refractivity contribution < 1.29 is 9.53 Å². The predicted octanol–water partition coefficient (Wildman–Crippen LogP) is 3.63. The Balaban J connectivity index is 1.56. The Kier molecular flexibility index (Phi) is 6.71. The predicted molar refractivity (Wildman–Crippen MR) is 108 cm³/mol. The van der Waals surface area contributed by atoms with Crippen molar-refractivity contribution in [2.75, 3.05) is 27.2 Å². The summed E-state index contributed by atoms with van der Waals surface area (Å²) in [6, 6.07) is 16.1. The van der Waals surface area contributed by atoms with Crippen molar-refractivity contribution in [2.24, 2.45) is 0 Å². The Labute approximate surface area is 161 Å². The van der Waals surface area contributed by atoms with Crippen LogP contribution in [0.15, 0.2) is 48.5 Å². The summed E-state index contributed by atoms with van der Waals surface area (Å²) in [6.07, 6.45) is 2.57. The van der Waals surface area contributed by atoms with E-state index in [2.05, 4.69) is 28.4 Å². The number of urea groups is 1. The maximum Gasteiger partial charge on any atom is 0.317 e. The van der Waals surface area contributed by atoms with Crippen LogP contribution in [0.4, 0.5) is 4.79 Å². The third-order valence-corrected chi connectivity index (χ3v) is 5.04. The van der Waals surface area contributed by atoms with Crippen molar-refractivity contribution in [3.63, 3.8) is 0 Å². The Hall–Kier alpha value is -2.53. The van der Waals surface area contributed by atoms with Gasteiger partial charge in [-0.15, -0.1) is 0 Å². The molecule has 1 aliphatic rings. The molecule has 2 amide bonds. The van der Waals surface area contributed by atoms with Crippen LogP contribution in [0.25, 0.3) is 0 Å². The van der Waals surface area contributed by atoms with Gasteiger partial charge in [0.2, 0.25) is 0 Å². The monoisotopic (exact) mass is 367 g/mol. The molecular weight excluding hydrogens is 338 g/mol. The first kappa shape index (κ1) is 19.2. The van der Waals surface area contributed by atoms with E-state index in [1.54, 1.807) is 12.0 Å². The number of likely N-dealkylation sites (tertiary alicyclic amines) is 1. The van der Waals surface area contributed by atoms with E-state index in [-0.39, 0.29) is 6.03 Å². The second-order valence-corrected chi connectivity index (χ2v) is 7.12. The van der Waals surface area contributed by atoms with E-state index >= 15 is 0 Å². The topological polar surface area (TPSA) is 44.8 Å². The number of nitrogens with one attached hydrogen (secondary N) is 1. The molecule has 0 aliphatic carbocycles. The maximum absolute atomic E-state index is 12.5. The van der Waals surface area contributed by atoms with E-state index < -0.39 is 0 Å². The van der Waals surface area contributed by atoms with Gasteiger partial charge in [0.25, 0.3) is 0 Å². The fraction of sp³-hybridized carbons (Fsp3) is 0.409. The van der Waals surface area contributed by atoms with Crippen molar-refractivity contribution >= 4 is 6.03 Å². The lowest BCUT2D eigenvalue weighted by Crippen LogP contribution is -2.36. The molecule has 1 saturated heterocycles. The van der Waals surface area contributed by atoms with Gasteiger partial charge in [-0.25, -0.2) is 4.79 Å². The first-order chi connectivity index (χ1) is 13.2. The van der Waals surface area contributed by atoms with Crippen LogP contribution in [-0.2, 0) is 19.6 Å². The van der Waals surface area contributed by atoms with Crippen molar-refractivity contribution in [2.45, 2.75) is 32.5 Å². The summed E-state index contributed by atoms with van der Waals surface area (Å²) >= 11 is 0. The molecule has 27 heavy (non-hydrogen) atoms. The van der Waals surface area contributed by atoms with Crippen molar-refractivity contribution in [1.82, 2.24) is 15.1 Å². The molecule has 144 valence electrons. The van der Waals surface area contributed by atoms with E-state index in [0.29, 0.717) is 13.1 Å². The van der Waals surface area contributed by atoms with Crippen molar-refractivity contribution in [3.8, 4) is 5.75 Å². The molecule has 2 aromatic rings. The molecule has 5 heteroatoms. The minimum absolute atomic E-state index is 0.0752. The Morgan fingerprint density at radius 3 is 2.59 bits per heavy atom. The third kappa shape index (κ3) is 5.47. The van der Waals surface area contributed by atoms with Crippen LogP contribution >= 0.6 is 0 Å². The first-order valence-corrected chi connectivity index (χ1v) is 9.57. The molecule has 0 unspecified atom stereocenters. The standard InChI is InChI=1S/C22H29N3O2/c1-24(22(26)23-15-18-8-7-11-21(14-18)27-2)16-19-9-3-4-10-20(19)17-25-12-5-6-13-25/h3-4,7-11,14H,5-6,12-13,15-17H2,1-2H3,(H,23,26). The second-order valence-electron chi connectivity index (χ2n) is 7.12. The van der Waals surface area contributed by atoms with Crippen LogP contribution < -0.4 is 10.1 Å². The Bertz CT molecular complexity index is 757. The first-order valence-electron chi connectivity index (χ1n) is 9.57. The summed E-state index contributed by atoms with van der Waals surface area (Å²) < 4.78 is 5.23. The van der Waals surface area contributed by atoms with E-state index in [4.69, 9.17) is 4.74 Å². The lowest BCUT2D eigenvalue weighted by Gasteiger charge is -2.22. The fourth-order valence-corrected chi connectivity index (χ4v) is 3.47. The number of methoxy groups -OCH3 is 1. The summed E-state index contributed by atoms with van der Waals surface area (Å²) in [7, 11) is 3.48. The van der Waals surface area contributed by atoms with Gasteiger partial charge in [-0.05, 0) is 54.8 Å². The number of nitrogens with zero attached hydrogens (tertiary/aromatic N) is 2. The molecule has 0 spiro atoms. The van der Waals surface area contributed by atoms with Gasteiger partial charge in [0, 0.05) is 26.7 Å². The Morgan fingerprint density at radius 1 is 1.11 bits per heavy atom. The fourth-order valence-electron chi connectivity index (χ4n) is 3.47. The SMILES string of the molecule is COc1cccc(CNC(=O)N(C)Cc2ccccc2CN2CCCC2)c1. The average Bonchev–Trinajstić information content (AvgIpc) is 3.21. The minimum atomic E-state index is -0.0752. The van der Waals surface area contributed by atoms with Crippen molar-refractivity contribution in [1.29, 1.82) is 0 Å². The van der Waals surface area contributed by atoms with E-state index in [1.165, 1.54) is 37.1 Å². The van der Waals surface area contributed by atoms with Crippen molar-refractivity contribution in [3.05, 3.63) is 65.2 Å². The summed E-state index contributed by atoms with van der Waals surface area (Å²) in [4.78, 5) is 16.7. The number of hydrogen-bond donors (Lipinski definition) is 1. The molecule has 2 aromatic carbocycles. The largest absolute Gasteiger partial charge is 0.497 e. The number of amides is 2. The average molecular weight is 367 g/mol. The minimum Gasteiger partial charge on any atom is -0.497 e. The van der Waals surface area contributed by atoms with E-state index in [1.807, 2.05) is 37.4 Å². The summed E-state index contributed by atoms with van der Waals surface area (Å²) in [5.41, 5.74) is 3.54. The van der Waals surface area contributed by atoms with E-state index in [9.17, 15) is 4.79 Å². The summed E-state index contributed by atoms with van der Waals surface area (Å²) in [5, 5.41) is 2.98. The highest BCUT2D eigenvalue weighted by atomic mass is 16.5. The quantitative estimate of drug-likeness (QED) is 0.813. The Morgan fingerprint density at radius 2 is 1.85 bits per heavy atom. The highest BCUT2D eigenvalue weighted by Gasteiger charge is 2.15. The van der Waals surface area contributed by atoms with Crippen LogP contribution in [0.5, 0.6) is 5.75 Å². The number of benzene rings is 2. The van der Waals surface area contributed by atoms with Gasteiger partial charge in [-0.3, -0.25) is 4.90 Å². The molecular formula is C22H29N3O2. The lowest BCUT2D eigenvalue weighted by atomic mass is 10.1. The van der Waals surface area contributed by atoms with Gasteiger partial charge in [0.15, 0.2) is 0 Å². The second kappa shape index (κ2) is 9.42. The number of rotatable bonds is 7. The number of ether oxygens (including phenoxy) is 1. The molecule has 1 heterocycles. The van der Waals surface area contributed by atoms with Gasteiger partial charge in [0.05, 0.1) is 7.11 Å². The van der Waals surface area contributed by atoms with Crippen LogP contribution in [0.1, 0.15) is 29.5 Å². The normalized spacial score (nSPS) is 14.1. The smallest absolute Gasteiger partial charge is 0.317 e. The zero-order valence-electron chi connectivity index (χ0n) is 16.3. The van der Waals surface area contributed by atoms with Gasteiger partial charge in [-0.1, -0.05) is 36.4 Å². The molecule has 1 aliphatic heterocycles. The van der Waals surface area contributed by atoms with Gasteiger partial charge in [0.1, 0.15) is 5.75 Å².